The largest absolute Gasteiger partial charge is 0.443 e. The second kappa shape index (κ2) is 8.13. The van der Waals surface area contributed by atoms with E-state index in [0.717, 1.165) is 0 Å². The molecule has 2 N–H and O–H groups in total. The van der Waals surface area contributed by atoms with Crippen molar-refractivity contribution in [2.24, 2.45) is 40.9 Å². The summed E-state index contributed by atoms with van der Waals surface area (Å²) in [4.78, 5) is 26.0. The number of allylic oxidation sites excluding steroid dienone is 4. The number of hydrogen-bond acceptors (Lipinski definition) is 6. The lowest BCUT2D eigenvalue weighted by atomic mass is 9.59. The highest BCUT2D eigenvalue weighted by Gasteiger charge is 2.84. The van der Waals surface area contributed by atoms with Gasteiger partial charge in [0.05, 0.1) is 0 Å². The molecule has 0 amide bonds. The molecule has 6 nitrogen and oxygen atoms in total. The van der Waals surface area contributed by atoms with Gasteiger partial charge in [-0.05, 0) is 64.5 Å². The lowest BCUT2D eigenvalue weighted by molar-refractivity contribution is -0.149. The van der Waals surface area contributed by atoms with Crippen LogP contribution in [0.2, 0.25) is 10.0 Å². The molecule has 9 rings (SSSR count). The van der Waals surface area contributed by atoms with E-state index in [0.29, 0.717) is 23.1 Å². The van der Waals surface area contributed by atoms with Gasteiger partial charge >= 0.3 is 11.9 Å². The van der Waals surface area contributed by atoms with Crippen molar-refractivity contribution in [3.63, 3.8) is 0 Å². The molecule has 2 saturated carbocycles. The van der Waals surface area contributed by atoms with Crippen molar-refractivity contribution < 1.29 is 19.1 Å². The van der Waals surface area contributed by atoms with E-state index < -0.39 is 24.4 Å². The van der Waals surface area contributed by atoms with Crippen molar-refractivity contribution in [1.82, 2.24) is 10.6 Å². The van der Waals surface area contributed by atoms with Crippen LogP contribution in [0.4, 0.5) is 0 Å². The highest BCUT2D eigenvalue weighted by atomic mass is 35.5. The Hall–Kier alpha value is -2.90. The van der Waals surface area contributed by atoms with Gasteiger partial charge in [-0.2, -0.15) is 0 Å². The van der Waals surface area contributed by atoms with E-state index in [2.05, 4.69) is 59.2 Å². The summed E-state index contributed by atoms with van der Waals surface area (Å²) in [5.41, 5.74) is 1.70. The van der Waals surface area contributed by atoms with Crippen LogP contribution in [0.25, 0.3) is 0 Å². The number of rotatable bonds is 2. The van der Waals surface area contributed by atoms with Gasteiger partial charge in [0.15, 0.2) is 12.5 Å². The number of carbonyl (C=O) groups is 2. The minimum atomic E-state index is -0.549. The normalized spacial score (nSPS) is 46.7. The van der Waals surface area contributed by atoms with Crippen LogP contribution in [0.1, 0.15) is 11.1 Å². The van der Waals surface area contributed by atoms with E-state index >= 15 is 0 Å². The lowest BCUT2D eigenvalue weighted by Gasteiger charge is -2.44. The van der Waals surface area contributed by atoms with E-state index in [1.807, 2.05) is 24.3 Å². The average Bonchev–Trinajstić information content (AvgIpc) is 3.79. The number of halogens is 2. The minimum absolute atomic E-state index is 0.0193. The van der Waals surface area contributed by atoms with Crippen LogP contribution in [-0.4, -0.2) is 37.5 Å². The molecule has 41 heavy (non-hydrogen) atoms. The highest BCUT2D eigenvalue weighted by Crippen LogP contribution is 2.82. The van der Waals surface area contributed by atoms with Gasteiger partial charge in [-0.25, -0.2) is 9.59 Å². The first-order chi connectivity index (χ1) is 19.9. The first-order valence-corrected chi connectivity index (χ1v) is 15.1. The standard InChI is InChI=1S/C33H28Cl2N2O4/c34-19-5-1-17(2-6-19)31-15-36-29-27(31)21-9-11-23(31)33(21)22-10-12-24(33)32(18-3-7-20(35)8-4-18)16-37-30(28(22)32)41-26(39)14-13-25(38)40-29/h1-14,21-24,27-30,36-37H,15-16H2/b14-13-. The Labute approximate surface area is 247 Å². The number of nitrogens with one attached hydrogen (secondary N) is 2. The summed E-state index contributed by atoms with van der Waals surface area (Å²) in [5, 5.41) is 8.57. The molecule has 3 heterocycles. The zero-order chi connectivity index (χ0) is 27.7. The first-order valence-electron chi connectivity index (χ1n) is 14.4. The molecule has 2 aromatic rings. The third kappa shape index (κ3) is 2.79. The number of carbonyl (C=O) groups excluding carboxylic acids is 2. The molecule has 3 aliphatic heterocycles. The monoisotopic (exact) mass is 586 g/mol. The second-order valence-electron chi connectivity index (χ2n) is 12.7. The summed E-state index contributed by atoms with van der Waals surface area (Å²) < 4.78 is 12.2. The van der Waals surface area contributed by atoms with E-state index in [-0.39, 0.29) is 51.8 Å². The van der Waals surface area contributed by atoms with E-state index in [4.69, 9.17) is 32.7 Å². The molecule has 10 atom stereocenters. The quantitative estimate of drug-likeness (QED) is 0.397. The molecular formula is C33H28Cl2N2O4. The van der Waals surface area contributed by atoms with Crippen molar-refractivity contribution in [1.29, 1.82) is 0 Å². The van der Waals surface area contributed by atoms with Crippen molar-refractivity contribution in [3.8, 4) is 0 Å². The van der Waals surface area contributed by atoms with Gasteiger partial charge in [0.1, 0.15) is 0 Å². The van der Waals surface area contributed by atoms with Gasteiger partial charge < -0.3 is 9.47 Å². The van der Waals surface area contributed by atoms with E-state index in [1.54, 1.807) is 0 Å². The fourth-order valence-electron chi connectivity index (χ4n) is 10.9. The van der Waals surface area contributed by atoms with Gasteiger partial charge in [-0.1, -0.05) is 71.8 Å². The molecular weight excluding hydrogens is 559 g/mol. The molecule has 10 unspecified atom stereocenters. The Balaban J connectivity index is 1.30. The Morgan fingerprint density at radius 2 is 1.05 bits per heavy atom. The Morgan fingerprint density at radius 1 is 0.634 bits per heavy atom. The third-order valence-electron chi connectivity index (χ3n) is 11.8. The van der Waals surface area contributed by atoms with Crippen LogP contribution in [0, 0.1) is 40.9 Å². The Bertz CT molecular complexity index is 1470. The summed E-state index contributed by atoms with van der Waals surface area (Å²) in [6.07, 6.45) is 11.1. The zero-order valence-corrected chi connectivity index (χ0v) is 23.5. The minimum Gasteiger partial charge on any atom is -0.443 e. The van der Waals surface area contributed by atoms with Gasteiger partial charge in [-0.3, -0.25) is 10.6 Å². The van der Waals surface area contributed by atoms with Crippen LogP contribution >= 0.6 is 23.2 Å². The first kappa shape index (κ1) is 24.7. The van der Waals surface area contributed by atoms with Crippen LogP contribution < -0.4 is 10.6 Å². The maximum atomic E-state index is 13.0. The highest BCUT2D eigenvalue weighted by molar-refractivity contribution is 6.30. The molecule has 2 saturated heterocycles. The smallest absolute Gasteiger partial charge is 0.332 e. The summed E-state index contributed by atoms with van der Waals surface area (Å²) in [6, 6.07) is 16.5. The van der Waals surface area contributed by atoms with E-state index in [1.165, 1.54) is 23.3 Å². The molecule has 4 aliphatic carbocycles. The van der Waals surface area contributed by atoms with Gasteiger partial charge in [0.25, 0.3) is 0 Å². The SMILES string of the molecule is O=C1/C=C\C(=O)OC2NCC3(c4ccc(Cl)cc4)C2C2C=CC3C23C2C=CC3C3(c4ccc(Cl)cc4)CNC(O1)C23. The maximum absolute atomic E-state index is 13.0. The molecule has 0 aromatic heterocycles. The molecule has 8 heteroatoms. The topological polar surface area (TPSA) is 76.7 Å². The molecule has 0 radical (unpaired) electrons. The number of ether oxygens (including phenoxy) is 2. The fourth-order valence-corrected chi connectivity index (χ4v) is 11.1. The number of esters is 2. The number of fused-ring (bicyclic) bond motifs is 2. The molecule has 2 aromatic carbocycles. The van der Waals surface area contributed by atoms with Gasteiger partial charge in [0, 0.05) is 58.0 Å². The molecule has 208 valence electrons. The second-order valence-corrected chi connectivity index (χ2v) is 13.6. The predicted molar refractivity (Wildman–Crippen MR) is 153 cm³/mol. The number of benzene rings is 2. The van der Waals surface area contributed by atoms with E-state index in [9.17, 15) is 9.59 Å². The maximum Gasteiger partial charge on any atom is 0.332 e. The van der Waals surface area contributed by atoms with Crippen LogP contribution in [0.3, 0.4) is 0 Å². The predicted octanol–water partition coefficient (Wildman–Crippen LogP) is 4.53. The van der Waals surface area contributed by atoms with Crippen molar-refractivity contribution >= 4 is 35.1 Å². The van der Waals surface area contributed by atoms with Gasteiger partial charge in [0.2, 0.25) is 0 Å². The summed E-state index contributed by atoms with van der Waals surface area (Å²) >= 11 is 12.7. The average molecular weight is 588 g/mol. The number of hydrogen-bond donors (Lipinski definition) is 2. The van der Waals surface area contributed by atoms with Crippen LogP contribution in [0.15, 0.2) is 85.0 Å². The van der Waals surface area contributed by atoms with Crippen LogP contribution in [-0.2, 0) is 29.9 Å². The third-order valence-corrected chi connectivity index (χ3v) is 12.3. The fraction of sp³-hybridized carbons (Fsp3) is 0.394. The zero-order valence-electron chi connectivity index (χ0n) is 22.0. The lowest BCUT2D eigenvalue weighted by Crippen LogP contribution is -2.47. The molecule has 1 spiro atoms. The van der Waals surface area contributed by atoms with Gasteiger partial charge in [-0.15, -0.1) is 0 Å². The van der Waals surface area contributed by atoms with Crippen molar-refractivity contribution in [3.05, 3.63) is 106 Å². The summed E-state index contributed by atoms with van der Waals surface area (Å²) in [7, 11) is 0. The Kier molecular flexibility index (Phi) is 4.90. The summed E-state index contributed by atoms with van der Waals surface area (Å²) in [6.45, 7) is 1.37. The molecule has 7 bridgehead atoms. The molecule has 7 aliphatic rings. The Morgan fingerprint density at radius 3 is 1.46 bits per heavy atom. The van der Waals surface area contributed by atoms with Crippen molar-refractivity contribution in [2.75, 3.05) is 13.1 Å². The molecule has 4 fully saturated rings. The van der Waals surface area contributed by atoms with Crippen LogP contribution in [0.5, 0.6) is 0 Å². The summed E-state index contributed by atoms with van der Waals surface area (Å²) in [5.74, 6) is -0.403. The van der Waals surface area contributed by atoms with Crippen molar-refractivity contribution in [2.45, 2.75) is 23.3 Å².